The molecule has 5 heteroatoms. The first-order valence-electron chi connectivity index (χ1n) is 6.14. The fraction of sp³-hybridized carbons (Fsp3) is 0.429. The van der Waals surface area contributed by atoms with Crippen LogP contribution in [0.25, 0.3) is 10.9 Å². The van der Waals surface area contributed by atoms with Crippen molar-refractivity contribution in [3.8, 4) is 17.2 Å². The lowest BCUT2D eigenvalue weighted by atomic mass is 9.89. The molecule has 0 aliphatic carbocycles. The lowest BCUT2D eigenvalue weighted by Crippen LogP contribution is -2.14. The highest BCUT2D eigenvalue weighted by Crippen LogP contribution is 2.46. The van der Waals surface area contributed by atoms with Gasteiger partial charge in [-0.3, -0.25) is 0 Å². The minimum absolute atomic E-state index is 0.0834. The summed E-state index contributed by atoms with van der Waals surface area (Å²) in [6.45, 7) is 6.56. The Labute approximate surface area is 111 Å². The molecule has 1 aromatic heterocycles. The zero-order valence-electron chi connectivity index (χ0n) is 11.5. The summed E-state index contributed by atoms with van der Waals surface area (Å²) >= 11 is 0. The van der Waals surface area contributed by atoms with Crippen molar-refractivity contribution >= 4 is 10.9 Å². The van der Waals surface area contributed by atoms with Crippen LogP contribution in [-0.4, -0.2) is 23.9 Å². The minimum Gasteiger partial charge on any atom is -0.491 e. The van der Waals surface area contributed by atoms with Gasteiger partial charge in [0.25, 0.3) is 0 Å². The van der Waals surface area contributed by atoms with E-state index in [-0.39, 0.29) is 12.2 Å². The highest BCUT2D eigenvalue weighted by Gasteiger charge is 2.27. The fourth-order valence-electron chi connectivity index (χ4n) is 2.31. The molecule has 0 radical (unpaired) electrons. The maximum Gasteiger partial charge on any atom is 0.231 e. The number of fused-ring (bicyclic) bond motifs is 2. The molecular weight excluding hydrogens is 244 g/mol. The Morgan fingerprint density at radius 1 is 1.21 bits per heavy atom. The molecule has 0 spiro atoms. The van der Waals surface area contributed by atoms with E-state index in [2.05, 4.69) is 30.7 Å². The average Bonchev–Trinajstić information content (AvgIpc) is 2.81. The molecule has 0 bridgehead atoms. The Morgan fingerprint density at radius 3 is 2.68 bits per heavy atom. The highest BCUT2D eigenvalue weighted by atomic mass is 16.7. The normalized spacial score (nSPS) is 13.9. The second-order valence-corrected chi connectivity index (χ2v) is 5.51. The van der Waals surface area contributed by atoms with Crippen LogP contribution in [0.3, 0.4) is 0 Å². The van der Waals surface area contributed by atoms with Gasteiger partial charge < -0.3 is 14.2 Å². The standard InChI is InChI=1S/C14H16N2O3/c1-14(2,3)13-8-5-9-11(19-7-18-9)12(17-4)10(8)15-6-16-13/h5-6H,7H2,1-4H3. The summed E-state index contributed by atoms with van der Waals surface area (Å²) in [7, 11) is 1.61. The number of nitrogens with zero attached hydrogens (tertiary/aromatic N) is 2. The average molecular weight is 260 g/mol. The number of ether oxygens (including phenoxy) is 3. The Hall–Kier alpha value is -2.04. The Morgan fingerprint density at radius 2 is 2.00 bits per heavy atom. The molecule has 3 rings (SSSR count). The molecule has 0 amide bonds. The van der Waals surface area contributed by atoms with E-state index in [1.165, 1.54) is 0 Å². The van der Waals surface area contributed by atoms with Crippen LogP contribution in [0.1, 0.15) is 26.5 Å². The fourth-order valence-corrected chi connectivity index (χ4v) is 2.31. The van der Waals surface area contributed by atoms with Gasteiger partial charge in [-0.1, -0.05) is 20.8 Å². The van der Waals surface area contributed by atoms with Crippen molar-refractivity contribution in [2.45, 2.75) is 26.2 Å². The SMILES string of the molecule is COc1c2c(cc3c(C(C)(C)C)ncnc13)OCO2. The van der Waals surface area contributed by atoms with Crippen molar-refractivity contribution in [2.75, 3.05) is 13.9 Å². The van der Waals surface area contributed by atoms with Crippen LogP contribution in [0.15, 0.2) is 12.4 Å². The van der Waals surface area contributed by atoms with Crippen molar-refractivity contribution < 1.29 is 14.2 Å². The molecule has 1 aliphatic rings. The van der Waals surface area contributed by atoms with Crippen molar-refractivity contribution in [3.05, 3.63) is 18.1 Å². The molecule has 0 saturated heterocycles. The van der Waals surface area contributed by atoms with Gasteiger partial charge in [0.15, 0.2) is 11.5 Å². The lowest BCUT2D eigenvalue weighted by Gasteiger charge is -2.20. The molecule has 0 atom stereocenters. The molecular formula is C14H16N2O3. The molecule has 1 aromatic carbocycles. The van der Waals surface area contributed by atoms with E-state index >= 15 is 0 Å². The highest BCUT2D eigenvalue weighted by molar-refractivity contribution is 5.92. The topological polar surface area (TPSA) is 53.5 Å². The minimum atomic E-state index is -0.0834. The van der Waals surface area contributed by atoms with Gasteiger partial charge in [-0.05, 0) is 6.07 Å². The summed E-state index contributed by atoms with van der Waals surface area (Å²) in [4.78, 5) is 8.75. The van der Waals surface area contributed by atoms with Gasteiger partial charge in [-0.15, -0.1) is 0 Å². The van der Waals surface area contributed by atoms with E-state index in [1.807, 2.05) is 6.07 Å². The monoisotopic (exact) mass is 260 g/mol. The molecule has 0 fully saturated rings. The maximum atomic E-state index is 5.46. The van der Waals surface area contributed by atoms with Gasteiger partial charge in [-0.2, -0.15) is 0 Å². The molecule has 1 aliphatic heterocycles. The molecule has 5 nitrogen and oxygen atoms in total. The van der Waals surface area contributed by atoms with E-state index in [0.29, 0.717) is 17.2 Å². The van der Waals surface area contributed by atoms with Gasteiger partial charge in [-0.25, -0.2) is 9.97 Å². The van der Waals surface area contributed by atoms with Gasteiger partial charge in [0.2, 0.25) is 12.5 Å². The van der Waals surface area contributed by atoms with E-state index in [1.54, 1.807) is 13.4 Å². The quantitative estimate of drug-likeness (QED) is 0.789. The molecule has 2 heterocycles. The summed E-state index contributed by atoms with van der Waals surface area (Å²) in [5.74, 6) is 1.91. The van der Waals surface area contributed by atoms with Crippen LogP contribution in [0.4, 0.5) is 0 Å². The van der Waals surface area contributed by atoms with Crippen molar-refractivity contribution in [2.24, 2.45) is 0 Å². The number of rotatable bonds is 1. The second kappa shape index (κ2) is 3.98. The van der Waals surface area contributed by atoms with Crippen LogP contribution >= 0.6 is 0 Å². The molecule has 100 valence electrons. The number of methoxy groups -OCH3 is 1. The lowest BCUT2D eigenvalue weighted by molar-refractivity contribution is 0.171. The van der Waals surface area contributed by atoms with Crippen molar-refractivity contribution in [1.29, 1.82) is 0 Å². The molecule has 2 aromatic rings. The summed E-state index contributed by atoms with van der Waals surface area (Å²) in [5.41, 5.74) is 1.64. The van der Waals surface area contributed by atoms with E-state index in [9.17, 15) is 0 Å². The predicted octanol–water partition coefficient (Wildman–Crippen LogP) is 2.66. The zero-order chi connectivity index (χ0) is 13.6. The summed E-state index contributed by atoms with van der Waals surface area (Å²) in [6.07, 6.45) is 1.56. The van der Waals surface area contributed by atoms with Gasteiger partial charge in [0.1, 0.15) is 11.8 Å². The molecule has 19 heavy (non-hydrogen) atoms. The van der Waals surface area contributed by atoms with Gasteiger partial charge >= 0.3 is 0 Å². The van der Waals surface area contributed by atoms with E-state index in [4.69, 9.17) is 14.2 Å². The van der Waals surface area contributed by atoms with Gasteiger partial charge in [0.05, 0.1) is 12.8 Å². The predicted molar refractivity (Wildman–Crippen MR) is 70.9 cm³/mol. The van der Waals surface area contributed by atoms with E-state index < -0.39 is 0 Å². The van der Waals surface area contributed by atoms with Gasteiger partial charge in [0, 0.05) is 10.8 Å². The van der Waals surface area contributed by atoms with Crippen LogP contribution in [0, 0.1) is 0 Å². The first-order chi connectivity index (χ1) is 9.02. The second-order valence-electron chi connectivity index (χ2n) is 5.51. The van der Waals surface area contributed by atoms with E-state index in [0.717, 1.165) is 16.6 Å². The Balaban J connectivity index is 2.40. The first kappa shape index (κ1) is 12.0. The summed E-state index contributed by atoms with van der Waals surface area (Å²) < 4.78 is 16.3. The largest absolute Gasteiger partial charge is 0.491 e. The van der Waals surface area contributed by atoms with Crippen molar-refractivity contribution in [1.82, 2.24) is 9.97 Å². The molecule has 0 unspecified atom stereocenters. The number of hydrogen-bond donors (Lipinski definition) is 0. The molecule has 0 N–H and O–H groups in total. The zero-order valence-corrected chi connectivity index (χ0v) is 11.5. The summed E-state index contributed by atoms with van der Waals surface area (Å²) in [5, 5.41) is 0.941. The molecule has 0 saturated carbocycles. The number of aromatic nitrogens is 2. The van der Waals surface area contributed by atoms with Crippen LogP contribution in [0.5, 0.6) is 17.2 Å². The third-order valence-corrected chi connectivity index (χ3v) is 3.14. The van der Waals surface area contributed by atoms with Crippen LogP contribution in [-0.2, 0) is 5.41 Å². The van der Waals surface area contributed by atoms with Crippen molar-refractivity contribution in [3.63, 3.8) is 0 Å². The van der Waals surface area contributed by atoms with Crippen LogP contribution < -0.4 is 14.2 Å². The Bertz CT molecular complexity index is 647. The summed E-state index contributed by atoms with van der Waals surface area (Å²) in [6, 6.07) is 1.93. The first-order valence-corrected chi connectivity index (χ1v) is 6.14. The maximum absolute atomic E-state index is 5.46. The third kappa shape index (κ3) is 1.77. The number of hydrogen-bond acceptors (Lipinski definition) is 5. The number of benzene rings is 1. The smallest absolute Gasteiger partial charge is 0.231 e. The third-order valence-electron chi connectivity index (χ3n) is 3.14. The van der Waals surface area contributed by atoms with Crippen LogP contribution in [0.2, 0.25) is 0 Å². The Kier molecular flexibility index (Phi) is 2.52.